The molecule has 4 bridgehead atoms. The molecule has 1 heterocycles. The van der Waals surface area contributed by atoms with Crippen LogP contribution in [0.1, 0.15) is 55.4 Å². The smallest absolute Gasteiger partial charge is 0.312 e. The van der Waals surface area contributed by atoms with Crippen LogP contribution >= 0.6 is 0 Å². The van der Waals surface area contributed by atoms with Gasteiger partial charge >= 0.3 is 5.97 Å². The molecular formula is C24H28N2O4. The number of carbonyl (C=O) groups is 2. The summed E-state index contributed by atoms with van der Waals surface area (Å²) < 4.78 is 10.5. The van der Waals surface area contributed by atoms with Gasteiger partial charge in [0.25, 0.3) is 5.91 Å². The number of aryl methyl sites for hydroxylation is 2. The number of amides is 1. The predicted octanol–water partition coefficient (Wildman–Crippen LogP) is 4.31. The largest absolute Gasteiger partial charge is 0.455 e. The summed E-state index contributed by atoms with van der Waals surface area (Å²) in [6.07, 6.45) is 6.15. The second kappa shape index (κ2) is 6.96. The van der Waals surface area contributed by atoms with Gasteiger partial charge in [-0.05, 0) is 75.2 Å². The van der Waals surface area contributed by atoms with E-state index in [-0.39, 0.29) is 18.0 Å². The number of nitrogens with zero attached hydrogens (tertiary/aromatic N) is 1. The maximum absolute atomic E-state index is 13.2. The molecule has 0 radical (unpaired) electrons. The van der Waals surface area contributed by atoms with Gasteiger partial charge in [0.1, 0.15) is 5.76 Å². The van der Waals surface area contributed by atoms with Crippen molar-refractivity contribution in [1.29, 1.82) is 0 Å². The minimum absolute atomic E-state index is 0.0668. The molecule has 1 N–H and O–H groups in total. The Morgan fingerprint density at radius 3 is 2.47 bits per heavy atom. The highest BCUT2D eigenvalue weighted by atomic mass is 16.5. The molecule has 4 atom stereocenters. The number of esters is 1. The Hall–Kier alpha value is -2.63. The van der Waals surface area contributed by atoms with Crippen LogP contribution in [0.3, 0.4) is 0 Å². The van der Waals surface area contributed by atoms with Crippen molar-refractivity contribution in [2.45, 2.75) is 57.8 Å². The lowest BCUT2D eigenvalue weighted by atomic mass is 9.43. The second-order valence-corrected chi connectivity index (χ2v) is 9.83. The molecule has 1 aromatic carbocycles. The number of hydrogen-bond donors (Lipinski definition) is 1. The number of anilines is 1. The van der Waals surface area contributed by atoms with E-state index >= 15 is 0 Å². The van der Waals surface area contributed by atoms with Crippen LogP contribution in [0.5, 0.6) is 0 Å². The van der Waals surface area contributed by atoms with Crippen molar-refractivity contribution >= 4 is 17.7 Å². The predicted molar refractivity (Wildman–Crippen MR) is 111 cm³/mol. The molecule has 4 fully saturated rings. The van der Waals surface area contributed by atoms with Gasteiger partial charge in [-0.3, -0.25) is 9.59 Å². The first-order valence-electron chi connectivity index (χ1n) is 10.8. The lowest BCUT2D eigenvalue weighted by Gasteiger charge is -2.61. The van der Waals surface area contributed by atoms with E-state index in [0.717, 1.165) is 32.1 Å². The number of benzene rings is 1. The summed E-state index contributed by atoms with van der Waals surface area (Å²) in [5.74, 6) is 1.47. The Bertz CT molecular complexity index is 963. The number of ether oxygens (including phenoxy) is 1. The summed E-state index contributed by atoms with van der Waals surface area (Å²) in [4.78, 5) is 25.4. The highest BCUT2D eigenvalue weighted by molar-refractivity contribution is 5.92. The first-order valence-corrected chi connectivity index (χ1v) is 10.8. The quantitative estimate of drug-likeness (QED) is 0.746. The molecule has 2 unspecified atom stereocenters. The fourth-order valence-electron chi connectivity index (χ4n) is 6.63. The van der Waals surface area contributed by atoms with Gasteiger partial charge < -0.3 is 14.6 Å². The molecule has 0 aliphatic heterocycles. The first kappa shape index (κ1) is 19.3. The summed E-state index contributed by atoms with van der Waals surface area (Å²) in [5, 5.41) is 6.35. The van der Waals surface area contributed by atoms with E-state index in [4.69, 9.17) is 9.26 Å². The zero-order chi connectivity index (χ0) is 20.9. The highest BCUT2D eigenvalue weighted by Crippen LogP contribution is 2.66. The molecule has 4 saturated carbocycles. The lowest BCUT2D eigenvalue weighted by molar-refractivity contribution is -0.175. The van der Waals surface area contributed by atoms with Gasteiger partial charge in [0.2, 0.25) is 0 Å². The molecule has 6 rings (SSSR count). The molecule has 158 valence electrons. The topological polar surface area (TPSA) is 81.4 Å². The summed E-state index contributed by atoms with van der Waals surface area (Å²) in [7, 11) is 0. The van der Waals surface area contributed by atoms with E-state index in [9.17, 15) is 9.59 Å². The third kappa shape index (κ3) is 3.32. The van der Waals surface area contributed by atoms with Gasteiger partial charge in [0.05, 0.1) is 5.41 Å². The Morgan fingerprint density at radius 2 is 1.83 bits per heavy atom. The molecule has 6 nitrogen and oxygen atoms in total. The maximum Gasteiger partial charge on any atom is 0.312 e. The highest BCUT2D eigenvalue weighted by Gasteiger charge is 2.61. The van der Waals surface area contributed by atoms with Crippen LogP contribution in [0.2, 0.25) is 0 Å². The zero-order valence-corrected chi connectivity index (χ0v) is 17.6. The number of carbonyl (C=O) groups excluding carboxylic acids is 2. The summed E-state index contributed by atoms with van der Waals surface area (Å²) in [6, 6.07) is 10.5. The van der Waals surface area contributed by atoms with E-state index in [1.807, 2.05) is 0 Å². The number of aromatic nitrogens is 1. The molecule has 4 aliphatic rings. The summed E-state index contributed by atoms with van der Waals surface area (Å²) >= 11 is 0. The van der Waals surface area contributed by atoms with Gasteiger partial charge in [0.15, 0.2) is 12.4 Å². The SMILES string of the molecule is Cc1ccc(C23C[C@@H]4C[C@@H](CC(C(=O)OCC(=O)Nc5cc(C)on5)(C4)C2)C3)cc1. The van der Waals surface area contributed by atoms with Crippen LogP contribution < -0.4 is 5.32 Å². The van der Waals surface area contributed by atoms with Crippen molar-refractivity contribution in [1.82, 2.24) is 5.16 Å². The molecular weight excluding hydrogens is 380 g/mol. The Kier molecular flexibility index (Phi) is 4.49. The van der Waals surface area contributed by atoms with Crippen molar-refractivity contribution in [3.05, 3.63) is 47.2 Å². The second-order valence-electron chi connectivity index (χ2n) is 9.83. The molecule has 0 spiro atoms. The normalized spacial score (nSPS) is 31.5. The standard InChI is InChI=1S/C24H28N2O4/c1-15-3-5-19(6-4-15)23-9-17-8-18(10-23)12-24(11-17,14-23)22(28)29-13-21(27)25-20-7-16(2)30-26-20/h3-7,17-18H,8-14H2,1-2H3,(H,25,26,27)/t17-,18+,23?,24?. The number of nitrogens with one attached hydrogen (secondary N) is 1. The molecule has 2 aromatic rings. The average molecular weight is 408 g/mol. The van der Waals surface area contributed by atoms with Gasteiger partial charge in [0, 0.05) is 6.07 Å². The zero-order valence-electron chi connectivity index (χ0n) is 17.6. The average Bonchev–Trinajstić information content (AvgIpc) is 3.10. The molecule has 1 aromatic heterocycles. The van der Waals surface area contributed by atoms with Gasteiger partial charge in [-0.2, -0.15) is 0 Å². The van der Waals surface area contributed by atoms with Crippen molar-refractivity contribution in [2.24, 2.45) is 17.3 Å². The van der Waals surface area contributed by atoms with Crippen molar-refractivity contribution in [3.8, 4) is 0 Å². The van der Waals surface area contributed by atoms with Crippen molar-refractivity contribution in [2.75, 3.05) is 11.9 Å². The molecule has 30 heavy (non-hydrogen) atoms. The maximum atomic E-state index is 13.2. The molecule has 6 heteroatoms. The van der Waals surface area contributed by atoms with Crippen LogP contribution in [0.25, 0.3) is 0 Å². The van der Waals surface area contributed by atoms with Crippen molar-refractivity contribution in [3.63, 3.8) is 0 Å². The van der Waals surface area contributed by atoms with Crippen LogP contribution in [-0.4, -0.2) is 23.6 Å². The lowest BCUT2D eigenvalue weighted by Crippen LogP contribution is -2.57. The van der Waals surface area contributed by atoms with E-state index in [0.29, 0.717) is 23.4 Å². The third-order valence-electron chi connectivity index (χ3n) is 7.39. The minimum atomic E-state index is -0.459. The van der Waals surface area contributed by atoms with E-state index in [1.54, 1.807) is 13.0 Å². The molecule has 4 aliphatic carbocycles. The van der Waals surface area contributed by atoms with Crippen molar-refractivity contribution < 1.29 is 18.8 Å². The van der Waals surface area contributed by atoms with Gasteiger partial charge in [-0.1, -0.05) is 35.0 Å². The Balaban J connectivity index is 1.30. The molecule has 0 saturated heterocycles. The van der Waals surface area contributed by atoms with E-state index in [2.05, 4.69) is 41.7 Å². The fourth-order valence-corrected chi connectivity index (χ4v) is 6.63. The van der Waals surface area contributed by atoms with Crippen LogP contribution in [0.15, 0.2) is 34.9 Å². The Morgan fingerprint density at radius 1 is 1.13 bits per heavy atom. The van der Waals surface area contributed by atoms with Gasteiger partial charge in [-0.25, -0.2) is 0 Å². The van der Waals surface area contributed by atoms with Crippen LogP contribution in [0.4, 0.5) is 5.82 Å². The number of hydrogen-bond acceptors (Lipinski definition) is 5. The minimum Gasteiger partial charge on any atom is -0.455 e. The van der Waals surface area contributed by atoms with Gasteiger partial charge in [-0.15, -0.1) is 0 Å². The first-order chi connectivity index (χ1) is 14.4. The fraction of sp³-hybridized carbons (Fsp3) is 0.542. The van der Waals surface area contributed by atoms with E-state index in [1.165, 1.54) is 17.5 Å². The monoisotopic (exact) mass is 408 g/mol. The third-order valence-corrected chi connectivity index (χ3v) is 7.39. The Labute approximate surface area is 176 Å². The van der Waals surface area contributed by atoms with Crippen LogP contribution in [0, 0.1) is 31.1 Å². The number of rotatable bonds is 5. The van der Waals surface area contributed by atoms with E-state index < -0.39 is 11.3 Å². The van der Waals surface area contributed by atoms with Crippen LogP contribution in [-0.2, 0) is 19.7 Å². The summed E-state index contributed by atoms with van der Waals surface area (Å²) in [6.45, 7) is 3.56. The summed E-state index contributed by atoms with van der Waals surface area (Å²) in [5.41, 5.74) is 2.22. The molecule has 1 amide bonds.